The highest BCUT2D eigenvalue weighted by Gasteiger charge is 2.29. The fourth-order valence-corrected chi connectivity index (χ4v) is 1.74. The number of aliphatic carboxylic acids is 1. The van der Waals surface area contributed by atoms with E-state index in [4.69, 9.17) is 5.11 Å². The molecule has 1 aliphatic rings. The van der Waals surface area contributed by atoms with Gasteiger partial charge >= 0.3 is 5.97 Å². The number of aromatic nitrogens is 2. The molecule has 7 heteroatoms. The highest BCUT2D eigenvalue weighted by molar-refractivity contribution is 5.85. The fraction of sp³-hybridized carbons (Fsp3) is 0.500. The van der Waals surface area contributed by atoms with Crippen LogP contribution in [0, 0.1) is 6.92 Å². The van der Waals surface area contributed by atoms with Gasteiger partial charge in [-0.3, -0.25) is 0 Å². The lowest BCUT2D eigenvalue weighted by Crippen LogP contribution is -2.55. The Morgan fingerprint density at radius 3 is 2.88 bits per heavy atom. The second-order valence-corrected chi connectivity index (χ2v) is 3.78. The maximum atomic E-state index is 11.1. The van der Waals surface area contributed by atoms with Crippen LogP contribution in [0.2, 0.25) is 0 Å². The van der Waals surface area contributed by atoms with Gasteiger partial charge in [-0.15, -0.1) is 17.5 Å². The maximum Gasteiger partial charge on any atom is 0.327 e. The number of carboxylic acid groups (broad SMARTS) is 1. The van der Waals surface area contributed by atoms with Gasteiger partial charge in [0.2, 0.25) is 0 Å². The predicted molar refractivity (Wildman–Crippen MR) is 65.7 cm³/mol. The maximum absolute atomic E-state index is 11.1. The van der Waals surface area contributed by atoms with Crippen LogP contribution < -0.4 is 10.2 Å². The number of hydrogen-bond donors (Lipinski definition) is 2. The molecule has 1 aliphatic heterocycles. The number of nitrogens with one attached hydrogen (secondary N) is 1. The summed E-state index contributed by atoms with van der Waals surface area (Å²) in [6.45, 7) is 3.68. The Balaban J connectivity index is 0.00000144. The molecule has 0 spiro atoms. The lowest BCUT2D eigenvalue weighted by molar-refractivity contribution is -0.138. The van der Waals surface area contributed by atoms with Gasteiger partial charge in [-0.25, -0.2) is 4.79 Å². The van der Waals surface area contributed by atoms with Crippen molar-refractivity contribution >= 4 is 24.2 Å². The molecule has 1 saturated heterocycles. The molecule has 2 N–H and O–H groups in total. The second-order valence-electron chi connectivity index (χ2n) is 3.78. The lowest BCUT2D eigenvalue weighted by atomic mass is 10.2. The van der Waals surface area contributed by atoms with Crippen LogP contribution in [0.5, 0.6) is 0 Å². The summed E-state index contributed by atoms with van der Waals surface area (Å²) in [4.78, 5) is 12.8. The number of piperazine rings is 1. The molecule has 1 aromatic heterocycles. The first-order valence-electron chi connectivity index (χ1n) is 5.19. The third kappa shape index (κ3) is 3.04. The zero-order valence-electron chi connectivity index (χ0n) is 9.46. The predicted octanol–water partition coefficient (Wildman–Crippen LogP) is 0.0696. The van der Waals surface area contributed by atoms with Crippen molar-refractivity contribution in [3.05, 3.63) is 17.8 Å². The van der Waals surface area contributed by atoms with Crippen molar-refractivity contribution in [1.29, 1.82) is 0 Å². The number of rotatable bonds is 2. The van der Waals surface area contributed by atoms with E-state index in [9.17, 15) is 4.79 Å². The first-order valence-corrected chi connectivity index (χ1v) is 5.19. The van der Waals surface area contributed by atoms with Gasteiger partial charge in [0.05, 0.1) is 5.69 Å². The molecule has 0 aliphatic carbocycles. The van der Waals surface area contributed by atoms with Gasteiger partial charge in [-0.05, 0) is 19.1 Å². The number of nitrogens with zero attached hydrogens (tertiary/aromatic N) is 3. The number of aryl methyl sites for hydroxylation is 1. The molecule has 94 valence electrons. The van der Waals surface area contributed by atoms with Crippen LogP contribution in [-0.2, 0) is 4.79 Å². The zero-order valence-corrected chi connectivity index (χ0v) is 10.3. The summed E-state index contributed by atoms with van der Waals surface area (Å²) in [5.41, 5.74) is 0.825. The fourth-order valence-electron chi connectivity index (χ4n) is 1.74. The van der Waals surface area contributed by atoms with Crippen molar-refractivity contribution in [3.63, 3.8) is 0 Å². The molecule has 1 fully saturated rings. The Labute approximate surface area is 105 Å². The van der Waals surface area contributed by atoms with Crippen LogP contribution >= 0.6 is 12.4 Å². The average Bonchev–Trinajstić information content (AvgIpc) is 2.30. The Kier molecular flexibility index (Phi) is 4.65. The topological polar surface area (TPSA) is 78.4 Å². The van der Waals surface area contributed by atoms with Gasteiger partial charge in [0.15, 0.2) is 5.82 Å². The standard InChI is InChI=1S/C10H14N4O2.ClH/c1-7-2-3-9(13-12-7)14-5-4-11-6-8(14)10(15)16;/h2-3,8,11H,4-6H2,1H3,(H,15,16);1H. The highest BCUT2D eigenvalue weighted by atomic mass is 35.5. The number of halogens is 1. The van der Waals surface area contributed by atoms with E-state index < -0.39 is 12.0 Å². The minimum atomic E-state index is -0.838. The Bertz CT molecular complexity index is 384. The minimum absolute atomic E-state index is 0. The first kappa shape index (κ1) is 13.7. The third-order valence-corrected chi connectivity index (χ3v) is 2.61. The van der Waals surface area contributed by atoms with E-state index in [1.807, 2.05) is 19.1 Å². The zero-order chi connectivity index (χ0) is 11.5. The van der Waals surface area contributed by atoms with Crippen LogP contribution in [-0.4, -0.2) is 46.9 Å². The SMILES string of the molecule is Cc1ccc(N2CCNCC2C(=O)O)nn1.Cl. The average molecular weight is 259 g/mol. The Morgan fingerprint density at radius 2 is 2.29 bits per heavy atom. The van der Waals surface area contributed by atoms with Crippen molar-refractivity contribution in [2.75, 3.05) is 24.5 Å². The number of hydrogen-bond acceptors (Lipinski definition) is 5. The summed E-state index contributed by atoms with van der Waals surface area (Å²) >= 11 is 0. The molecule has 1 atom stereocenters. The molecule has 17 heavy (non-hydrogen) atoms. The highest BCUT2D eigenvalue weighted by Crippen LogP contribution is 2.14. The quantitative estimate of drug-likeness (QED) is 0.782. The molecule has 1 unspecified atom stereocenters. The van der Waals surface area contributed by atoms with Crippen LogP contribution in [0.25, 0.3) is 0 Å². The molecule has 0 amide bonds. The minimum Gasteiger partial charge on any atom is -0.480 e. The van der Waals surface area contributed by atoms with Gasteiger partial charge in [0.1, 0.15) is 6.04 Å². The van der Waals surface area contributed by atoms with E-state index in [-0.39, 0.29) is 12.4 Å². The molecule has 0 aromatic carbocycles. The molecular weight excluding hydrogens is 244 g/mol. The summed E-state index contributed by atoms with van der Waals surface area (Å²) in [5, 5.41) is 20.1. The summed E-state index contributed by atoms with van der Waals surface area (Å²) in [6.07, 6.45) is 0. The van der Waals surface area contributed by atoms with E-state index in [2.05, 4.69) is 15.5 Å². The summed E-state index contributed by atoms with van der Waals surface area (Å²) in [6, 6.07) is 3.08. The smallest absolute Gasteiger partial charge is 0.327 e. The largest absolute Gasteiger partial charge is 0.480 e. The molecule has 0 bridgehead atoms. The molecule has 0 saturated carbocycles. The van der Waals surface area contributed by atoms with E-state index in [0.29, 0.717) is 18.9 Å². The van der Waals surface area contributed by atoms with Gasteiger partial charge in [0.25, 0.3) is 0 Å². The normalized spacial score (nSPS) is 19.6. The Hall–Kier alpha value is -1.40. The van der Waals surface area contributed by atoms with Crippen molar-refractivity contribution in [2.24, 2.45) is 0 Å². The number of anilines is 1. The van der Waals surface area contributed by atoms with Crippen LogP contribution in [0.4, 0.5) is 5.82 Å². The monoisotopic (exact) mass is 258 g/mol. The molecule has 1 aromatic rings. The van der Waals surface area contributed by atoms with E-state index in [0.717, 1.165) is 12.2 Å². The van der Waals surface area contributed by atoms with Crippen molar-refractivity contribution in [1.82, 2.24) is 15.5 Å². The van der Waals surface area contributed by atoms with E-state index >= 15 is 0 Å². The summed E-state index contributed by atoms with van der Waals surface area (Å²) in [5.74, 6) is -0.214. The molecule has 0 radical (unpaired) electrons. The van der Waals surface area contributed by atoms with Crippen LogP contribution in [0.15, 0.2) is 12.1 Å². The molecule has 2 rings (SSSR count). The molecule has 2 heterocycles. The van der Waals surface area contributed by atoms with Gasteiger partial charge in [-0.1, -0.05) is 0 Å². The van der Waals surface area contributed by atoms with E-state index in [1.54, 1.807) is 4.90 Å². The molecule has 6 nitrogen and oxygen atoms in total. The van der Waals surface area contributed by atoms with Crippen molar-refractivity contribution < 1.29 is 9.90 Å². The van der Waals surface area contributed by atoms with Crippen molar-refractivity contribution in [2.45, 2.75) is 13.0 Å². The number of carbonyl (C=O) groups is 1. The van der Waals surface area contributed by atoms with Gasteiger partial charge in [-0.2, -0.15) is 5.10 Å². The summed E-state index contributed by atoms with van der Waals surface area (Å²) in [7, 11) is 0. The third-order valence-electron chi connectivity index (χ3n) is 2.61. The van der Waals surface area contributed by atoms with Gasteiger partial charge < -0.3 is 15.3 Å². The first-order chi connectivity index (χ1) is 7.68. The number of carboxylic acids is 1. The van der Waals surface area contributed by atoms with Crippen LogP contribution in [0.1, 0.15) is 5.69 Å². The van der Waals surface area contributed by atoms with Crippen molar-refractivity contribution in [3.8, 4) is 0 Å². The van der Waals surface area contributed by atoms with E-state index in [1.165, 1.54) is 0 Å². The lowest BCUT2D eigenvalue weighted by Gasteiger charge is -2.33. The molecular formula is C10H15ClN4O2. The second kappa shape index (κ2) is 5.79. The van der Waals surface area contributed by atoms with Gasteiger partial charge in [0, 0.05) is 19.6 Å². The van der Waals surface area contributed by atoms with Crippen LogP contribution in [0.3, 0.4) is 0 Å². The Morgan fingerprint density at radius 1 is 1.53 bits per heavy atom. The summed E-state index contributed by atoms with van der Waals surface area (Å²) < 4.78 is 0.